The number of pyridine rings is 1. The Hall–Kier alpha value is -1.99. The fourth-order valence-electron chi connectivity index (χ4n) is 1.90. The maximum atomic E-state index is 14.0. The fourth-order valence-corrected chi connectivity index (χ4v) is 3.07. The number of nitrogens with one attached hydrogen (secondary N) is 1. The summed E-state index contributed by atoms with van der Waals surface area (Å²) in [5, 5.41) is 0. The van der Waals surface area contributed by atoms with Crippen LogP contribution >= 0.6 is 0 Å². The molecular formula is C14H16FN3O2S. The summed E-state index contributed by atoms with van der Waals surface area (Å²) in [5.41, 5.74) is 7.40. The van der Waals surface area contributed by atoms with Crippen LogP contribution in [0.25, 0.3) is 0 Å². The van der Waals surface area contributed by atoms with Crippen LogP contribution in [0.5, 0.6) is 0 Å². The normalized spacial score (nSPS) is 11.6. The molecule has 2 aromatic rings. The minimum atomic E-state index is -4.00. The zero-order valence-electron chi connectivity index (χ0n) is 11.7. The van der Waals surface area contributed by atoms with E-state index in [0.29, 0.717) is 5.69 Å². The minimum absolute atomic E-state index is 0.0116. The van der Waals surface area contributed by atoms with Gasteiger partial charge in [0.2, 0.25) is 10.0 Å². The van der Waals surface area contributed by atoms with E-state index in [1.807, 2.05) is 13.0 Å². The molecule has 1 aromatic carbocycles. The van der Waals surface area contributed by atoms with E-state index in [-0.39, 0.29) is 17.8 Å². The average molecular weight is 309 g/mol. The van der Waals surface area contributed by atoms with Crippen molar-refractivity contribution in [2.45, 2.75) is 25.3 Å². The molecule has 0 aliphatic rings. The Morgan fingerprint density at radius 2 is 2.00 bits per heavy atom. The summed E-state index contributed by atoms with van der Waals surface area (Å²) in [6, 6.07) is 6.07. The standard InChI is InChI=1S/C14H16FN3O2S/c1-9-4-3-5-17-12(9)8-18-21(19,20)13-7-11(16)6-10(2)14(13)15/h3-7,18H,8,16H2,1-2H3. The van der Waals surface area contributed by atoms with Gasteiger partial charge in [-0.15, -0.1) is 0 Å². The highest BCUT2D eigenvalue weighted by Crippen LogP contribution is 2.21. The van der Waals surface area contributed by atoms with Gasteiger partial charge in [-0.1, -0.05) is 6.07 Å². The van der Waals surface area contributed by atoms with Crippen molar-refractivity contribution in [1.82, 2.24) is 9.71 Å². The molecule has 0 saturated heterocycles. The molecule has 0 saturated carbocycles. The second-order valence-corrected chi connectivity index (χ2v) is 6.48. The average Bonchev–Trinajstić information content (AvgIpc) is 2.42. The van der Waals surface area contributed by atoms with E-state index >= 15 is 0 Å². The zero-order chi connectivity index (χ0) is 15.6. The van der Waals surface area contributed by atoms with Crippen LogP contribution in [0.4, 0.5) is 10.1 Å². The largest absolute Gasteiger partial charge is 0.399 e. The van der Waals surface area contributed by atoms with Gasteiger partial charge >= 0.3 is 0 Å². The number of hydrogen-bond acceptors (Lipinski definition) is 4. The number of sulfonamides is 1. The molecule has 0 radical (unpaired) electrons. The molecule has 0 spiro atoms. The van der Waals surface area contributed by atoms with Crippen LogP contribution in [0.15, 0.2) is 35.4 Å². The van der Waals surface area contributed by atoms with Gasteiger partial charge in [-0.25, -0.2) is 17.5 Å². The van der Waals surface area contributed by atoms with E-state index in [1.165, 1.54) is 13.0 Å². The maximum absolute atomic E-state index is 14.0. The van der Waals surface area contributed by atoms with Crippen LogP contribution in [0.2, 0.25) is 0 Å². The summed E-state index contributed by atoms with van der Waals surface area (Å²) in [7, 11) is -4.00. The summed E-state index contributed by atoms with van der Waals surface area (Å²) in [6.45, 7) is 3.28. The van der Waals surface area contributed by atoms with E-state index in [4.69, 9.17) is 5.73 Å². The van der Waals surface area contributed by atoms with Crippen molar-refractivity contribution in [3.63, 3.8) is 0 Å². The van der Waals surface area contributed by atoms with Crippen LogP contribution in [0.1, 0.15) is 16.8 Å². The number of nitrogen functional groups attached to an aromatic ring is 1. The summed E-state index contributed by atoms with van der Waals surface area (Å²) < 4.78 is 40.7. The number of benzene rings is 1. The fraction of sp³-hybridized carbons (Fsp3) is 0.214. The van der Waals surface area contributed by atoms with Crippen molar-refractivity contribution in [2.75, 3.05) is 5.73 Å². The first-order valence-electron chi connectivity index (χ1n) is 6.27. The third-order valence-corrected chi connectivity index (χ3v) is 4.48. The van der Waals surface area contributed by atoms with Gasteiger partial charge in [-0.3, -0.25) is 4.98 Å². The molecule has 0 aliphatic heterocycles. The molecule has 0 unspecified atom stereocenters. The third-order valence-electron chi connectivity index (χ3n) is 3.08. The number of anilines is 1. The second-order valence-electron chi connectivity index (χ2n) is 4.74. The molecule has 112 valence electrons. The molecule has 5 nitrogen and oxygen atoms in total. The van der Waals surface area contributed by atoms with E-state index in [9.17, 15) is 12.8 Å². The lowest BCUT2D eigenvalue weighted by Gasteiger charge is -2.10. The molecule has 0 bridgehead atoms. The summed E-state index contributed by atoms with van der Waals surface area (Å²) in [4.78, 5) is 3.64. The zero-order valence-corrected chi connectivity index (χ0v) is 12.5. The Morgan fingerprint density at radius 3 is 2.67 bits per heavy atom. The highest BCUT2D eigenvalue weighted by Gasteiger charge is 2.21. The first kappa shape index (κ1) is 15.4. The Kier molecular flexibility index (Phi) is 4.24. The monoisotopic (exact) mass is 309 g/mol. The van der Waals surface area contributed by atoms with Crippen molar-refractivity contribution in [3.05, 3.63) is 53.1 Å². The van der Waals surface area contributed by atoms with Crippen molar-refractivity contribution in [2.24, 2.45) is 0 Å². The van der Waals surface area contributed by atoms with Crippen LogP contribution in [-0.2, 0) is 16.6 Å². The number of halogens is 1. The number of rotatable bonds is 4. The first-order valence-corrected chi connectivity index (χ1v) is 7.75. The van der Waals surface area contributed by atoms with E-state index < -0.39 is 20.7 Å². The van der Waals surface area contributed by atoms with Gasteiger partial charge in [0, 0.05) is 11.9 Å². The predicted molar refractivity (Wildman–Crippen MR) is 78.5 cm³/mol. The third kappa shape index (κ3) is 3.37. The van der Waals surface area contributed by atoms with Crippen LogP contribution in [-0.4, -0.2) is 13.4 Å². The molecule has 2 rings (SSSR count). The van der Waals surface area contributed by atoms with Crippen LogP contribution in [0, 0.1) is 19.7 Å². The van der Waals surface area contributed by atoms with Crippen LogP contribution in [0.3, 0.4) is 0 Å². The van der Waals surface area contributed by atoms with Gasteiger partial charge in [-0.2, -0.15) is 0 Å². The van der Waals surface area contributed by atoms with Crippen molar-refractivity contribution < 1.29 is 12.8 Å². The van der Waals surface area contributed by atoms with E-state index in [1.54, 1.807) is 12.3 Å². The molecule has 3 N–H and O–H groups in total. The maximum Gasteiger partial charge on any atom is 0.243 e. The highest BCUT2D eigenvalue weighted by atomic mass is 32.2. The number of nitrogens with zero attached hydrogens (tertiary/aromatic N) is 1. The van der Waals surface area contributed by atoms with Gasteiger partial charge in [0.1, 0.15) is 10.7 Å². The van der Waals surface area contributed by atoms with Crippen LogP contribution < -0.4 is 10.5 Å². The first-order chi connectivity index (χ1) is 9.81. The lowest BCUT2D eigenvalue weighted by Crippen LogP contribution is -2.25. The van der Waals surface area contributed by atoms with Gasteiger partial charge in [0.15, 0.2) is 0 Å². The summed E-state index contributed by atoms with van der Waals surface area (Å²) >= 11 is 0. The predicted octanol–water partition coefficient (Wildman–Crippen LogP) is 1.90. The minimum Gasteiger partial charge on any atom is -0.399 e. The second kappa shape index (κ2) is 5.79. The molecule has 1 aromatic heterocycles. The highest BCUT2D eigenvalue weighted by molar-refractivity contribution is 7.89. The Balaban J connectivity index is 2.30. The summed E-state index contributed by atoms with van der Waals surface area (Å²) in [6.07, 6.45) is 1.57. The topological polar surface area (TPSA) is 85.1 Å². The molecule has 0 atom stereocenters. The van der Waals surface area contributed by atoms with E-state index in [2.05, 4.69) is 9.71 Å². The Bertz CT molecular complexity index is 776. The quantitative estimate of drug-likeness (QED) is 0.845. The SMILES string of the molecule is Cc1cccnc1CNS(=O)(=O)c1cc(N)cc(C)c1F. The molecular weight excluding hydrogens is 293 g/mol. The van der Waals surface area contributed by atoms with Gasteiger partial charge < -0.3 is 5.73 Å². The molecule has 0 amide bonds. The molecule has 7 heteroatoms. The molecule has 1 heterocycles. The van der Waals surface area contributed by atoms with Gasteiger partial charge in [0.25, 0.3) is 0 Å². The Labute approximate surface area is 123 Å². The number of hydrogen-bond donors (Lipinski definition) is 2. The van der Waals surface area contributed by atoms with Gasteiger partial charge in [0.05, 0.1) is 12.2 Å². The van der Waals surface area contributed by atoms with Gasteiger partial charge in [-0.05, 0) is 43.2 Å². The molecule has 0 fully saturated rings. The van der Waals surface area contributed by atoms with Crippen molar-refractivity contribution >= 4 is 15.7 Å². The number of nitrogens with two attached hydrogens (primary N) is 1. The lowest BCUT2D eigenvalue weighted by atomic mass is 10.2. The van der Waals surface area contributed by atoms with Crippen molar-refractivity contribution in [3.8, 4) is 0 Å². The lowest BCUT2D eigenvalue weighted by molar-refractivity contribution is 0.552. The number of aromatic nitrogens is 1. The summed E-state index contributed by atoms with van der Waals surface area (Å²) in [5.74, 6) is -0.797. The number of aryl methyl sites for hydroxylation is 2. The van der Waals surface area contributed by atoms with Crippen molar-refractivity contribution in [1.29, 1.82) is 0 Å². The Morgan fingerprint density at radius 1 is 1.29 bits per heavy atom. The molecule has 0 aliphatic carbocycles. The molecule has 21 heavy (non-hydrogen) atoms. The van der Waals surface area contributed by atoms with E-state index in [0.717, 1.165) is 11.6 Å². The smallest absolute Gasteiger partial charge is 0.243 e.